The van der Waals surface area contributed by atoms with E-state index in [2.05, 4.69) is 16.5 Å². The van der Waals surface area contributed by atoms with Crippen LogP contribution in [-0.2, 0) is 12.6 Å². The summed E-state index contributed by atoms with van der Waals surface area (Å²) in [5, 5.41) is 16.6. The molecule has 0 unspecified atom stereocenters. The minimum atomic E-state index is -4.48. The van der Waals surface area contributed by atoms with Gasteiger partial charge in [0, 0.05) is 12.1 Å². The number of rotatable bonds is 7. The third kappa shape index (κ3) is 5.19. The van der Waals surface area contributed by atoms with Crippen LogP contribution in [0, 0.1) is 11.3 Å². The Labute approximate surface area is 198 Å². The Morgan fingerprint density at radius 3 is 2.60 bits per heavy atom. The number of nitrogens with one attached hydrogen (secondary N) is 1. The van der Waals surface area contributed by atoms with E-state index in [1.165, 1.54) is 28.9 Å². The number of nitrogens with two attached hydrogens (primary N) is 1. The first-order chi connectivity index (χ1) is 16.8. The van der Waals surface area contributed by atoms with Gasteiger partial charge in [0.15, 0.2) is 5.76 Å². The summed E-state index contributed by atoms with van der Waals surface area (Å²) in [6.45, 7) is 0.265. The summed E-state index contributed by atoms with van der Waals surface area (Å²) in [5.74, 6) is -0.122. The van der Waals surface area contributed by atoms with Gasteiger partial charge in [-0.25, -0.2) is 4.68 Å². The molecule has 2 heterocycles. The van der Waals surface area contributed by atoms with Crippen molar-refractivity contribution in [3.05, 3.63) is 89.3 Å². The van der Waals surface area contributed by atoms with Crippen molar-refractivity contribution in [1.29, 1.82) is 5.26 Å². The van der Waals surface area contributed by atoms with Crippen molar-refractivity contribution in [2.45, 2.75) is 19.0 Å². The highest BCUT2D eigenvalue weighted by molar-refractivity contribution is 5.92. The number of amides is 1. The quantitative estimate of drug-likeness (QED) is 0.364. The largest absolute Gasteiger partial charge is 0.451 e. The minimum Gasteiger partial charge on any atom is -0.451 e. The molecule has 10 heteroatoms. The van der Waals surface area contributed by atoms with Crippen LogP contribution in [0.3, 0.4) is 0 Å². The predicted octanol–water partition coefficient (Wildman–Crippen LogP) is 4.97. The molecule has 0 radical (unpaired) electrons. The molecule has 4 rings (SSSR count). The second-order valence-electron chi connectivity index (χ2n) is 7.67. The summed E-state index contributed by atoms with van der Waals surface area (Å²) < 4.78 is 45.8. The molecule has 35 heavy (non-hydrogen) atoms. The molecule has 0 fully saturated rings. The first kappa shape index (κ1) is 23.6. The summed E-state index contributed by atoms with van der Waals surface area (Å²) >= 11 is 0. The highest BCUT2D eigenvalue weighted by Crippen LogP contribution is 2.32. The molecule has 0 spiro atoms. The monoisotopic (exact) mass is 479 g/mol. The standard InChI is InChI=1S/C25H20F3N5O2/c26-25(27,28)17-7-4-6-16(14-17)21-11-12-22(35-21)24(34)31-13-5-10-20-19(15-29)23(30)33(32-20)18-8-2-1-3-9-18/h1-4,6-9,11-12,14H,5,10,13,30H2,(H,31,34). The molecule has 0 saturated heterocycles. The first-order valence-corrected chi connectivity index (χ1v) is 10.7. The third-order valence-electron chi connectivity index (χ3n) is 5.29. The number of carbonyl (C=O) groups is 1. The summed E-state index contributed by atoms with van der Waals surface area (Å²) in [6, 6.07) is 18.8. The average Bonchev–Trinajstić information content (AvgIpc) is 3.47. The topological polar surface area (TPSA) is 110 Å². The Hall–Kier alpha value is -4.52. The lowest BCUT2D eigenvalue weighted by molar-refractivity contribution is -0.137. The van der Waals surface area contributed by atoms with Crippen LogP contribution in [-0.4, -0.2) is 22.2 Å². The van der Waals surface area contributed by atoms with Gasteiger partial charge in [0.25, 0.3) is 5.91 Å². The maximum atomic E-state index is 12.9. The summed E-state index contributed by atoms with van der Waals surface area (Å²) in [6.07, 6.45) is -3.59. The van der Waals surface area contributed by atoms with Crippen LogP contribution in [0.25, 0.3) is 17.0 Å². The Balaban J connectivity index is 1.36. The van der Waals surface area contributed by atoms with Crippen molar-refractivity contribution in [2.24, 2.45) is 0 Å². The molecule has 0 aliphatic carbocycles. The van der Waals surface area contributed by atoms with Gasteiger partial charge in [0.2, 0.25) is 0 Å². The molecular formula is C25H20F3N5O2. The number of anilines is 1. The number of carbonyl (C=O) groups excluding carboxylic acids is 1. The van der Waals surface area contributed by atoms with E-state index in [1.54, 1.807) is 0 Å². The molecule has 2 aromatic heterocycles. The molecule has 3 N–H and O–H groups in total. The number of nitriles is 1. The average molecular weight is 479 g/mol. The molecule has 0 saturated carbocycles. The molecule has 0 atom stereocenters. The number of hydrogen-bond donors (Lipinski definition) is 2. The first-order valence-electron chi connectivity index (χ1n) is 10.7. The van der Waals surface area contributed by atoms with Gasteiger partial charge < -0.3 is 15.5 Å². The zero-order valence-corrected chi connectivity index (χ0v) is 18.3. The van der Waals surface area contributed by atoms with Crippen LogP contribution >= 0.6 is 0 Å². The molecule has 2 aromatic carbocycles. The molecule has 4 aromatic rings. The maximum absolute atomic E-state index is 12.9. The smallest absolute Gasteiger partial charge is 0.416 e. The van der Waals surface area contributed by atoms with Gasteiger partial charge in [-0.15, -0.1) is 0 Å². The van der Waals surface area contributed by atoms with Crippen molar-refractivity contribution in [2.75, 3.05) is 12.3 Å². The lowest BCUT2D eigenvalue weighted by atomic mass is 10.1. The Morgan fingerprint density at radius 1 is 1.11 bits per heavy atom. The lowest BCUT2D eigenvalue weighted by Crippen LogP contribution is -2.24. The Kier molecular flexibility index (Phi) is 6.59. The number of aromatic nitrogens is 2. The second kappa shape index (κ2) is 9.77. The van der Waals surface area contributed by atoms with Gasteiger partial charge in [-0.05, 0) is 49.2 Å². The van der Waals surface area contributed by atoms with Gasteiger partial charge in [-0.3, -0.25) is 4.79 Å². The number of halogens is 3. The van der Waals surface area contributed by atoms with Crippen LogP contribution < -0.4 is 11.1 Å². The van der Waals surface area contributed by atoms with E-state index < -0.39 is 17.6 Å². The van der Waals surface area contributed by atoms with Gasteiger partial charge in [-0.2, -0.15) is 23.5 Å². The number of hydrogen-bond acceptors (Lipinski definition) is 5. The maximum Gasteiger partial charge on any atom is 0.416 e. The third-order valence-corrected chi connectivity index (χ3v) is 5.29. The van der Waals surface area contributed by atoms with Gasteiger partial charge in [0.05, 0.1) is 16.9 Å². The van der Waals surface area contributed by atoms with Gasteiger partial charge >= 0.3 is 6.18 Å². The van der Waals surface area contributed by atoms with Crippen molar-refractivity contribution in [3.63, 3.8) is 0 Å². The SMILES string of the molecule is N#Cc1c(CCCNC(=O)c2ccc(-c3cccc(C(F)(F)F)c3)o2)nn(-c2ccccc2)c1N. The van der Waals surface area contributed by atoms with Crippen molar-refractivity contribution in [1.82, 2.24) is 15.1 Å². The van der Waals surface area contributed by atoms with Crippen LogP contribution in [0.4, 0.5) is 19.0 Å². The minimum absolute atomic E-state index is 0.0206. The van der Waals surface area contributed by atoms with Crippen molar-refractivity contribution in [3.8, 4) is 23.1 Å². The van der Waals surface area contributed by atoms with E-state index in [1.807, 2.05) is 30.3 Å². The van der Waals surface area contributed by atoms with E-state index >= 15 is 0 Å². The van der Waals surface area contributed by atoms with E-state index in [0.717, 1.165) is 17.8 Å². The molecular weight excluding hydrogens is 459 g/mol. The summed E-state index contributed by atoms with van der Waals surface area (Å²) in [7, 11) is 0. The van der Waals surface area contributed by atoms with Crippen LogP contribution in [0.15, 0.2) is 71.1 Å². The molecule has 178 valence electrons. The van der Waals surface area contributed by atoms with Crippen LogP contribution in [0.5, 0.6) is 0 Å². The van der Waals surface area contributed by atoms with Crippen molar-refractivity contribution >= 4 is 11.7 Å². The zero-order valence-electron chi connectivity index (χ0n) is 18.3. The molecule has 0 bridgehead atoms. The van der Waals surface area contributed by atoms with Gasteiger partial charge in [0.1, 0.15) is 23.2 Å². The molecule has 0 aliphatic rings. The lowest BCUT2D eigenvalue weighted by Gasteiger charge is -2.07. The fourth-order valence-corrected chi connectivity index (χ4v) is 3.55. The highest BCUT2D eigenvalue weighted by atomic mass is 19.4. The Bertz CT molecular complexity index is 1380. The number of para-hydroxylation sites is 1. The number of alkyl halides is 3. The number of benzene rings is 2. The van der Waals surface area contributed by atoms with E-state index in [0.29, 0.717) is 18.5 Å². The predicted molar refractivity (Wildman–Crippen MR) is 122 cm³/mol. The summed E-state index contributed by atoms with van der Waals surface area (Å²) in [5.41, 5.74) is 7.05. The van der Waals surface area contributed by atoms with Crippen LogP contribution in [0.2, 0.25) is 0 Å². The zero-order chi connectivity index (χ0) is 25.0. The number of nitrogen functional groups attached to an aromatic ring is 1. The normalized spacial score (nSPS) is 11.3. The number of furan rings is 1. The van der Waals surface area contributed by atoms with E-state index in [9.17, 15) is 23.2 Å². The van der Waals surface area contributed by atoms with Gasteiger partial charge in [-0.1, -0.05) is 30.3 Å². The number of nitrogens with zero attached hydrogens (tertiary/aromatic N) is 3. The fourth-order valence-electron chi connectivity index (χ4n) is 3.55. The van der Waals surface area contributed by atoms with Crippen LogP contribution in [0.1, 0.15) is 33.8 Å². The summed E-state index contributed by atoms with van der Waals surface area (Å²) in [4.78, 5) is 12.4. The van der Waals surface area contributed by atoms with Crippen molar-refractivity contribution < 1.29 is 22.4 Å². The molecule has 1 amide bonds. The molecule has 7 nitrogen and oxygen atoms in total. The highest BCUT2D eigenvalue weighted by Gasteiger charge is 2.30. The Morgan fingerprint density at radius 2 is 1.89 bits per heavy atom. The van der Waals surface area contributed by atoms with E-state index in [-0.39, 0.29) is 35.0 Å². The molecule has 0 aliphatic heterocycles. The van der Waals surface area contributed by atoms with E-state index in [4.69, 9.17) is 10.2 Å². The second-order valence-corrected chi connectivity index (χ2v) is 7.67. The number of aryl methyl sites for hydroxylation is 1. The fraction of sp³-hybridized carbons (Fsp3) is 0.160.